The lowest BCUT2D eigenvalue weighted by Crippen LogP contribution is -2.54. The summed E-state index contributed by atoms with van der Waals surface area (Å²) in [6.45, 7) is 5.18. The van der Waals surface area contributed by atoms with Crippen LogP contribution in [0, 0.1) is 0 Å². The molecule has 2 N–H and O–H groups in total. The van der Waals surface area contributed by atoms with Crippen molar-refractivity contribution in [3.05, 3.63) is 0 Å². The first-order valence-electron chi connectivity index (χ1n) is 5.45. The van der Waals surface area contributed by atoms with Crippen molar-refractivity contribution in [1.29, 1.82) is 0 Å². The second-order valence-corrected chi connectivity index (χ2v) is 5.59. The van der Waals surface area contributed by atoms with Crippen LogP contribution in [0.15, 0.2) is 0 Å². The molecule has 0 amide bonds. The molecule has 0 radical (unpaired) electrons. The molecule has 3 nitrogen and oxygen atoms in total. The molecule has 0 spiro atoms. The van der Waals surface area contributed by atoms with Gasteiger partial charge in [-0.3, -0.25) is 4.90 Å². The summed E-state index contributed by atoms with van der Waals surface area (Å²) in [6, 6.07) is 0. The topological polar surface area (TPSA) is 38.5 Å². The zero-order valence-corrected chi connectivity index (χ0v) is 9.52. The highest BCUT2D eigenvalue weighted by atomic mass is 32.2. The molecular weight excluding hydrogens is 196 g/mol. The second kappa shape index (κ2) is 4.84. The zero-order chi connectivity index (χ0) is 9.86. The summed E-state index contributed by atoms with van der Waals surface area (Å²) in [5.74, 6) is 2.54. The molecule has 14 heavy (non-hydrogen) atoms. The van der Waals surface area contributed by atoms with Gasteiger partial charge in [-0.05, 0) is 12.8 Å². The van der Waals surface area contributed by atoms with Gasteiger partial charge in [0, 0.05) is 49.9 Å². The van der Waals surface area contributed by atoms with Crippen LogP contribution >= 0.6 is 11.8 Å². The van der Waals surface area contributed by atoms with Crippen LogP contribution in [0.5, 0.6) is 0 Å². The number of thioether (sulfide) groups is 1. The Kier molecular flexibility index (Phi) is 3.71. The fraction of sp³-hybridized carbons (Fsp3) is 1.00. The van der Waals surface area contributed by atoms with Crippen molar-refractivity contribution >= 4 is 11.8 Å². The molecule has 2 aliphatic rings. The lowest BCUT2D eigenvalue weighted by Gasteiger charge is -2.39. The number of hydrogen-bond acceptors (Lipinski definition) is 4. The highest BCUT2D eigenvalue weighted by Crippen LogP contribution is 2.20. The minimum atomic E-state index is 0.0280. The maximum atomic E-state index is 6.36. The molecule has 2 saturated heterocycles. The van der Waals surface area contributed by atoms with E-state index in [-0.39, 0.29) is 5.54 Å². The van der Waals surface area contributed by atoms with Gasteiger partial charge in [-0.25, -0.2) is 0 Å². The molecule has 0 aromatic heterocycles. The summed E-state index contributed by atoms with van der Waals surface area (Å²) in [6.07, 6.45) is 2.05. The van der Waals surface area contributed by atoms with E-state index in [0.29, 0.717) is 0 Å². The van der Waals surface area contributed by atoms with Gasteiger partial charge in [-0.15, -0.1) is 0 Å². The number of rotatable bonds is 2. The second-order valence-electron chi connectivity index (χ2n) is 4.36. The van der Waals surface area contributed by atoms with E-state index in [1.54, 1.807) is 0 Å². The maximum absolute atomic E-state index is 6.36. The SMILES string of the molecule is NC1(CN2CCSCC2)CCOCC1. The van der Waals surface area contributed by atoms with E-state index in [9.17, 15) is 0 Å². The minimum absolute atomic E-state index is 0.0280. The average Bonchev–Trinajstić information content (AvgIpc) is 2.19. The number of nitrogens with zero attached hydrogens (tertiary/aromatic N) is 1. The minimum Gasteiger partial charge on any atom is -0.381 e. The van der Waals surface area contributed by atoms with Crippen LogP contribution in [0.2, 0.25) is 0 Å². The van der Waals surface area contributed by atoms with E-state index in [1.807, 2.05) is 0 Å². The Balaban J connectivity index is 1.81. The van der Waals surface area contributed by atoms with Crippen molar-refractivity contribution in [2.45, 2.75) is 18.4 Å². The summed E-state index contributed by atoms with van der Waals surface area (Å²) in [5, 5.41) is 0. The molecule has 2 rings (SSSR count). The lowest BCUT2D eigenvalue weighted by atomic mass is 9.91. The number of nitrogens with two attached hydrogens (primary N) is 1. The van der Waals surface area contributed by atoms with Crippen LogP contribution in [0.25, 0.3) is 0 Å². The smallest absolute Gasteiger partial charge is 0.0484 e. The molecule has 0 atom stereocenters. The van der Waals surface area contributed by atoms with Crippen LogP contribution in [0.3, 0.4) is 0 Å². The lowest BCUT2D eigenvalue weighted by molar-refractivity contribution is 0.0390. The molecule has 0 aromatic carbocycles. The fourth-order valence-electron chi connectivity index (χ4n) is 2.14. The molecule has 0 aliphatic carbocycles. The predicted octanol–water partition coefficient (Wildman–Crippen LogP) is 0.543. The van der Waals surface area contributed by atoms with Crippen molar-refractivity contribution in [1.82, 2.24) is 4.90 Å². The van der Waals surface area contributed by atoms with Gasteiger partial charge in [0.15, 0.2) is 0 Å². The Morgan fingerprint density at radius 1 is 1.21 bits per heavy atom. The quantitative estimate of drug-likeness (QED) is 0.731. The fourth-order valence-corrected chi connectivity index (χ4v) is 3.12. The summed E-state index contributed by atoms with van der Waals surface area (Å²) in [4.78, 5) is 2.52. The van der Waals surface area contributed by atoms with E-state index < -0.39 is 0 Å². The summed E-state index contributed by atoms with van der Waals surface area (Å²) < 4.78 is 5.35. The summed E-state index contributed by atoms with van der Waals surface area (Å²) in [7, 11) is 0. The van der Waals surface area contributed by atoms with Gasteiger partial charge in [0.2, 0.25) is 0 Å². The standard InChI is InChI=1S/C10H20N2OS/c11-10(1-5-13-6-2-10)9-12-3-7-14-8-4-12/h1-9,11H2. The van der Waals surface area contributed by atoms with Gasteiger partial charge in [-0.2, -0.15) is 11.8 Å². The Morgan fingerprint density at radius 2 is 1.86 bits per heavy atom. The molecule has 2 heterocycles. The molecular formula is C10H20N2OS. The van der Waals surface area contributed by atoms with Gasteiger partial charge in [0.1, 0.15) is 0 Å². The van der Waals surface area contributed by atoms with Crippen LogP contribution in [0.1, 0.15) is 12.8 Å². The van der Waals surface area contributed by atoms with Gasteiger partial charge < -0.3 is 10.5 Å². The van der Waals surface area contributed by atoms with Crippen LogP contribution < -0.4 is 5.73 Å². The molecule has 2 fully saturated rings. The van der Waals surface area contributed by atoms with E-state index >= 15 is 0 Å². The van der Waals surface area contributed by atoms with Gasteiger partial charge >= 0.3 is 0 Å². The normalized spacial score (nSPS) is 28.9. The number of hydrogen-bond donors (Lipinski definition) is 1. The van der Waals surface area contributed by atoms with E-state index in [4.69, 9.17) is 10.5 Å². The van der Waals surface area contributed by atoms with E-state index in [1.165, 1.54) is 24.6 Å². The first-order valence-corrected chi connectivity index (χ1v) is 6.61. The van der Waals surface area contributed by atoms with Crippen LogP contribution in [-0.2, 0) is 4.74 Å². The molecule has 4 heteroatoms. The Bertz CT molecular complexity index is 177. The summed E-state index contributed by atoms with van der Waals surface area (Å²) in [5.41, 5.74) is 6.39. The van der Waals surface area contributed by atoms with Crippen molar-refractivity contribution in [3.63, 3.8) is 0 Å². The largest absolute Gasteiger partial charge is 0.381 e. The molecule has 0 unspecified atom stereocenters. The third-order valence-electron chi connectivity index (χ3n) is 3.13. The van der Waals surface area contributed by atoms with Gasteiger partial charge in [-0.1, -0.05) is 0 Å². The monoisotopic (exact) mass is 216 g/mol. The Morgan fingerprint density at radius 3 is 2.50 bits per heavy atom. The zero-order valence-electron chi connectivity index (χ0n) is 8.71. The van der Waals surface area contributed by atoms with Crippen molar-refractivity contribution < 1.29 is 4.74 Å². The van der Waals surface area contributed by atoms with E-state index in [0.717, 1.165) is 32.6 Å². The van der Waals surface area contributed by atoms with Gasteiger partial charge in [0.25, 0.3) is 0 Å². The van der Waals surface area contributed by atoms with E-state index in [2.05, 4.69) is 16.7 Å². The summed E-state index contributed by atoms with van der Waals surface area (Å²) >= 11 is 2.05. The molecule has 0 bridgehead atoms. The highest BCUT2D eigenvalue weighted by Gasteiger charge is 2.30. The first kappa shape index (κ1) is 10.7. The molecule has 0 aromatic rings. The third kappa shape index (κ3) is 2.86. The first-order chi connectivity index (χ1) is 6.79. The van der Waals surface area contributed by atoms with Crippen LogP contribution in [-0.4, -0.2) is 54.8 Å². The molecule has 82 valence electrons. The molecule has 2 aliphatic heterocycles. The Labute approximate surface area is 90.3 Å². The van der Waals surface area contributed by atoms with Gasteiger partial charge in [0.05, 0.1) is 0 Å². The average molecular weight is 216 g/mol. The third-order valence-corrected chi connectivity index (χ3v) is 4.07. The number of ether oxygens (including phenoxy) is 1. The van der Waals surface area contributed by atoms with Crippen molar-refractivity contribution in [3.8, 4) is 0 Å². The molecule has 0 saturated carbocycles. The maximum Gasteiger partial charge on any atom is 0.0484 e. The Hall–Kier alpha value is 0.230. The van der Waals surface area contributed by atoms with Crippen molar-refractivity contribution in [2.75, 3.05) is 44.4 Å². The van der Waals surface area contributed by atoms with Crippen molar-refractivity contribution in [2.24, 2.45) is 5.73 Å². The predicted molar refractivity (Wildman–Crippen MR) is 60.7 cm³/mol. The highest BCUT2D eigenvalue weighted by molar-refractivity contribution is 7.99. The van der Waals surface area contributed by atoms with Crippen LogP contribution in [0.4, 0.5) is 0 Å².